The number of benzene rings is 1. The molecule has 8 nitrogen and oxygen atoms in total. The number of carbonyl (C=O) groups excluding carboxylic acids is 3. The summed E-state index contributed by atoms with van der Waals surface area (Å²) < 4.78 is 18.5. The summed E-state index contributed by atoms with van der Waals surface area (Å²) in [4.78, 5) is 39.9. The molecule has 0 bridgehead atoms. The third-order valence-electron chi connectivity index (χ3n) is 4.86. The summed E-state index contributed by atoms with van der Waals surface area (Å²) in [5.41, 5.74) is 0.699. The standard InChI is InChI=1S/C19H25FN4O4/c20-15-3-1-2-14(12-15)4-6-24-18(26)16(22-19(24)27)13-17(25)21-5-7-23-8-10-28-11-9-23/h1-3,12,16H,4-11,13H2,(H,21,25)(H,22,27)/t16-/m0/s1. The van der Waals surface area contributed by atoms with Gasteiger partial charge in [0.25, 0.3) is 5.91 Å². The van der Waals surface area contributed by atoms with Gasteiger partial charge in [-0.15, -0.1) is 0 Å². The van der Waals surface area contributed by atoms with Crippen molar-refractivity contribution in [1.29, 1.82) is 0 Å². The number of nitrogens with zero attached hydrogens (tertiary/aromatic N) is 2. The SMILES string of the molecule is O=C(C[C@@H]1NC(=O)N(CCc2cccc(F)c2)C1=O)NCCN1CCOCC1. The van der Waals surface area contributed by atoms with Crippen molar-refractivity contribution < 1.29 is 23.5 Å². The van der Waals surface area contributed by atoms with Gasteiger partial charge in [-0.1, -0.05) is 12.1 Å². The van der Waals surface area contributed by atoms with Crippen LogP contribution in [0, 0.1) is 5.82 Å². The number of nitrogens with one attached hydrogen (secondary N) is 2. The third-order valence-corrected chi connectivity index (χ3v) is 4.86. The van der Waals surface area contributed by atoms with Crippen LogP contribution in [0.1, 0.15) is 12.0 Å². The van der Waals surface area contributed by atoms with Gasteiger partial charge in [0.05, 0.1) is 19.6 Å². The topological polar surface area (TPSA) is 91.0 Å². The number of halogens is 1. The Morgan fingerprint density at radius 3 is 2.79 bits per heavy atom. The van der Waals surface area contributed by atoms with Crippen molar-refractivity contribution in [3.63, 3.8) is 0 Å². The second-order valence-electron chi connectivity index (χ2n) is 6.88. The lowest BCUT2D eigenvalue weighted by Crippen LogP contribution is -2.42. The van der Waals surface area contributed by atoms with Gasteiger partial charge in [0, 0.05) is 32.7 Å². The molecule has 2 fully saturated rings. The van der Waals surface area contributed by atoms with Crippen molar-refractivity contribution in [2.24, 2.45) is 0 Å². The van der Waals surface area contributed by atoms with Crippen LogP contribution < -0.4 is 10.6 Å². The number of rotatable bonds is 8. The van der Waals surface area contributed by atoms with Gasteiger partial charge in [0.2, 0.25) is 5.91 Å². The number of morpholine rings is 1. The van der Waals surface area contributed by atoms with E-state index in [-0.39, 0.29) is 24.7 Å². The van der Waals surface area contributed by atoms with Crippen molar-refractivity contribution >= 4 is 17.8 Å². The summed E-state index contributed by atoms with van der Waals surface area (Å²) in [6.45, 7) is 4.42. The lowest BCUT2D eigenvalue weighted by atomic mass is 10.1. The van der Waals surface area contributed by atoms with Gasteiger partial charge in [-0.3, -0.25) is 19.4 Å². The molecule has 28 heavy (non-hydrogen) atoms. The van der Waals surface area contributed by atoms with E-state index in [1.165, 1.54) is 12.1 Å². The van der Waals surface area contributed by atoms with Crippen molar-refractivity contribution in [3.05, 3.63) is 35.6 Å². The Labute approximate surface area is 163 Å². The highest BCUT2D eigenvalue weighted by Crippen LogP contribution is 2.12. The molecule has 1 aromatic rings. The van der Waals surface area contributed by atoms with Crippen LogP contribution in [0.15, 0.2) is 24.3 Å². The van der Waals surface area contributed by atoms with Gasteiger partial charge < -0.3 is 15.4 Å². The number of hydrogen-bond acceptors (Lipinski definition) is 5. The molecule has 1 atom stereocenters. The number of carbonyl (C=O) groups is 3. The highest BCUT2D eigenvalue weighted by molar-refractivity contribution is 6.05. The Balaban J connectivity index is 1.41. The number of ether oxygens (including phenoxy) is 1. The zero-order valence-electron chi connectivity index (χ0n) is 15.7. The summed E-state index contributed by atoms with van der Waals surface area (Å²) in [6, 6.07) is 4.65. The highest BCUT2D eigenvalue weighted by Gasteiger charge is 2.38. The molecule has 2 aliphatic heterocycles. The fraction of sp³-hybridized carbons (Fsp3) is 0.526. The number of hydrogen-bond donors (Lipinski definition) is 2. The monoisotopic (exact) mass is 392 g/mol. The molecule has 2 heterocycles. The first-order chi connectivity index (χ1) is 13.5. The molecule has 2 N–H and O–H groups in total. The fourth-order valence-corrected chi connectivity index (χ4v) is 3.30. The van der Waals surface area contributed by atoms with Gasteiger partial charge in [-0.2, -0.15) is 0 Å². The highest BCUT2D eigenvalue weighted by atomic mass is 19.1. The normalized spacial score (nSPS) is 20.3. The first kappa shape index (κ1) is 20.2. The number of amides is 4. The first-order valence-corrected chi connectivity index (χ1v) is 9.46. The van der Waals surface area contributed by atoms with E-state index < -0.39 is 18.0 Å². The van der Waals surface area contributed by atoms with Crippen LogP contribution in [0.25, 0.3) is 0 Å². The summed E-state index contributed by atoms with van der Waals surface area (Å²) in [5, 5.41) is 5.33. The molecular formula is C19H25FN4O4. The molecule has 1 aromatic carbocycles. The van der Waals surface area contributed by atoms with E-state index in [2.05, 4.69) is 15.5 Å². The quantitative estimate of drug-likeness (QED) is 0.614. The van der Waals surface area contributed by atoms with E-state index in [0.29, 0.717) is 31.7 Å². The molecule has 2 aliphatic rings. The van der Waals surface area contributed by atoms with Gasteiger partial charge >= 0.3 is 6.03 Å². The molecule has 0 saturated carbocycles. The molecule has 3 rings (SSSR count). The molecule has 0 aliphatic carbocycles. The maximum absolute atomic E-state index is 13.2. The van der Waals surface area contributed by atoms with Crippen molar-refractivity contribution in [3.8, 4) is 0 Å². The number of imide groups is 1. The van der Waals surface area contributed by atoms with Gasteiger partial charge in [0.1, 0.15) is 11.9 Å². The van der Waals surface area contributed by atoms with Crippen molar-refractivity contribution in [2.75, 3.05) is 45.9 Å². The second-order valence-corrected chi connectivity index (χ2v) is 6.88. The lowest BCUT2D eigenvalue weighted by Gasteiger charge is -2.26. The summed E-state index contributed by atoms with van der Waals surface area (Å²) in [5.74, 6) is -1.06. The Bertz CT molecular complexity index is 724. The average Bonchev–Trinajstić information content (AvgIpc) is 2.94. The van der Waals surface area contributed by atoms with Crippen LogP contribution in [-0.2, 0) is 20.7 Å². The van der Waals surface area contributed by atoms with Gasteiger partial charge in [0.15, 0.2) is 0 Å². The molecule has 152 valence electrons. The van der Waals surface area contributed by atoms with Crippen LogP contribution in [-0.4, -0.2) is 79.6 Å². The van der Waals surface area contributed by atoms with E-state index in [0.717, 1.165) is 24.5 Å². The maximum Gasteiger partial charge on any atom is 0.324 e. The van der Waals surface area contributed by atoms with E-state index in [1.807, 2.05) is 0 Å². The number of urea groups is 1. The Morgan fingerprint density at radius 1 is 1.25 bits per heavy atom. The fourth-order valence-electron chi connectivity index (χ4n) is 3.30. The van der Waals surface area contributed by atoms with E-state index >= 15 is 0 Å². The molecule has 9 heteroatoms. The lowest BCUT2D eigenvalue weighted by molar-refractivity contribution is -0.130. The Morgan fingerprint density at radius 2 is 2.04 bits per heavy atom. The second kappa shape index (κ2) is 9.61. The average molecular weight is 392 g/mol. The molecule has 0 unspecified atom stereocenters. The van der Waals surface area contributed by atoms with E-state index in [1.54, 1.807) is 12.1 Å². The minimum absolute atomic E-state index is 0.0931. The maximum atomic E-state index is 13.2. The van der Waals surface area contributed by atoms with Crippen LogP contribution in [0.2, 0.25) is 0 Å². The molecule has 0 aromatic heterocycles. The van der Waals surface area contributed by atoms with Crippen LogP contribution in [0.5, 0.6) is 0 Å². The molecule has 0 spiro atoms. The summed E-state index contributed by atoms with van der Waals surface area (Å²) in [6.07, 6.45) is 0.263. The molecule has 0 radical (unpaired) electrons. The van der Waals surface area contributed by atoms with Crippen LogP contribution in [0.4, 0.5) is 9.18 Å². The summed E-state index contributed by atoms with van der Waals surface area (Å²) >= 11 is 0. The van der Waals surface area contributed by atoms with E-state index in [4.69, 9.17) is 4.74 Å². The van der Waals surface area contributed by atoms with Gasteiger partial charge in [-0.05, 0) is 24.1 Å². The molecule has 4 amide bonds. The Hall–Kier alpha value is -2.52. The van der Waals surface area contributed by atoms with Crippen LogP contribution >= 0.6 is 0 Å². The van der Waals surface area contributed by atoms with Crippen molar-refractivity contribution in [2.45, 2.75) is 18.9 Å². The predicted octanol–water partition coefficient (Wildman–Crippen LogP) is 0.127. The smallest absolute Gasteiger partial charge is 0.324 e. The zero-order valence-corrected chi connectivity index (χ0v) is 15.7. The van der Waals surface area contributed by atoms with Crippen LogP contribution in [0.3, 0.4) is 0 Å². The zero-order chi connectivity index (χ0) is 19.9. The minimum atomic E-state index is -0.858. The minimum Gasteiger partial charge on any atom is -0.379 e. The van der Waals surface area contributed by atoms with E-state index in [9.17, 15) is 18.8 Å². The molecule has 2 saturated heterocycles. The first-order valence-electron chi connectivity index (χ1n) is 9.46. The largest absolute Gasteiger partial charge is 0.379 e. The summed E-state index contributed by atoms with van der Waals surface area (Å²) in [7, 11) is 0. The Kier molecular flexibility index (Phi) is 6.94. The molecular weight excluding hydrogens is 367 g/mol. The van der Waals surface area contributed by atoms with Crippen molar-refractivity contribution in [1.82, 2.24) is 20.4 Å². The van der Waals surface area contributed by atoms with Gasteiger partial charge in [-0.25, -0.2) is 9.18 Å². The third kappa shape index (κ3) is 5.49. The predicted molar refractivity (Wildman–Crippen MR) is 99.0 cm³/mol.